The van der Waals surface area contributed by atoms with Crippen LogP contribution in [0.3, 0.4) is 0 Å². The number of amides is 1. The summed E-state index contributed by atoms with van der Waals surface area (Å²) in [6, 6.07) is 9.94. The van der Waals surface area contributed by atoms with E-state index in [9.17, 15) is 4.79 Å². The maximum atomic E-state index is 12.1. The van der Waals surface area contributed by atoms with Gasteiger partial charge in [0.1, 0.15) is 11.9 Å². The highest BCUT2D eigenvalue weighted by Crippen LogP contribution is 2.20. The number of pyridine rings is 1. The number of anilines is 2. The smallest absolute Gasteiger partial charge is 0.255 e. The Morgan fingerprint density at radius 2 is 2.15 bits per heavy atom. The van der Waals surface area contributed by atoms with Gasteiger partial charge in [0.25, 0.3) is 5.91 Å². The molecule has 0 saturated heterocycles. The Morgan fingerprint density at radius 3 is 2.80 bits per heavy atom. The molecular formula is C14H11ClN4O. The predicted octanol–water partition coefficient (Wildman–Crippen LogP) is 2.90. The molecule has 2 N–H and O–H groups in total. The van der Waals surface area contributed by atoms with Crippen LogP contribution in [-0.2, 0) is 0 Å². The van der Waals surface area contributed by atoms with Crippen molar-refractivity contribution in [3.8, 4) is 6.07 Å². The van der Waals surface area contributed by atoms with Crippen LogP contribution in [-0.4, -0.2) is 17.9 Å². The summed E-state index contributed by atoms with van der Waals surface area (Å²) in [5.41, 5.74) is 1.37. The maximum absolute atomic E-state index is 12.1. The van der Waals surface area contributed by atoms with Crippen molar-refractivity contribution in [1.29, 1.82) is 5.26 Å². The van der Waals surface area contributed by atoms with Crippen molar-refractivity contribution in [2.75, 3.05) is 17.7 Å². The number of nitrogens with zero attached hydrogens (tertiary/aromatic N) is 2. The van der Waals surface area contributed by atoms with Crippen molar-refractivity contribution in [2.45, 2.75) is 0 Å². The second-order valence-electron chi connectivity index (χ2n) is 3.94. The molecule has 0 saturated carbocycles. The zero-order chi connectivity index (χ0) is 14.5. The van der Waals surface area contributed by atoms with Gasteiger partial charge in [-0.1, -0.05) is 11.6 Å². The van der Waals surface area contributed by atoms with Crippen LogP contribution in [0.4, 0.5) is 11.5 Å². The molecule has 2 rings (SSSR count). The molecule has 1 aromatic heterocycles. The molecule has 0 unspecified atom stereocenters. The average molecular weight is 287 g/mol. The average Bonchev–Trinajstić information content (AvgIpc) is 2.47. The van der Waals surface area contributed by atoms with Crippen molar-refractivity contribution in [2.24, 2.45) is 0 Å². The van der Waals surface area contributed by atoms with E-state index >= 15 is 0 Å². The van der Waals surface area contributed by atoms with Crippen molar-refractivity contribution in [3.63, 3.8) is 0 Å². The first-order valence-corrected chi connectivity index (χ1v) is 6.16. The Morgan fingerprint density at radius 1 is 1.35 bits per heavy atom. The number of hydrogen-bond acceptors (Lipinski definition) is 4. The van der Waals surface area contributed by atoms with Gasteiger partial charge in [-0.2, -0.15) is 5.26 Å². The number of carbonyl (C=O) groups is 1. The van der Waals surface area contributed by atoms with E-state index in [1.807, 2.05) is 6.07 Å². The molecule has 20 heavy (non-hydrogen) atoms. The predicted molar refractivity (Wildman–Crippen MR) is 77.9 cm³/mol. The number of aromatic nitrogens is 1. The lowest BCUT2D eigenvalue weighted by molar-refractivity contribution is 0.102. The molecule has 0 aliphatic carbocycles. The molecule has 0 atom stereocenters. The topological polar surface area (TPSA) is 77.8 Å². The van der Waals surface area contributed by atoms with Gasteiger partial charge >= 0.3 is 0 Å². The lowest BCUT2D eigenvalue weighted by atomic mass is 10.2. The summed E-state index contributed by atoms with van der Waals surface area (Å²) in [6.07, 6.45) is 1.55. The Labute approximate surface area is 121 Å². The summed E-state index contributed by atoms with van der Waals surface area (Å²) in [5, 5.41) is 14.7. The molecule has 1 aromatic carbocycles. The summed E-state index contributed by atoms with van der Waals surface area (Å²) in [5.74, 6) is 0.334. The monoisotopic (exact) mass is 286 g/mol. The summed E-state index contributed by atoms with van der Waals surface area (Å²) in [4.78, 5) is 16.1. The fraction of sp³-hybridized carbons (Fsp3) is 0.0714. The highest BCUT2D eigenvalue weighted by Gasteiger charge is 2.08. The third-order valence-corrected chi connectivity index (χ3v) is 2.94. The Hall–Kier alpha value is -2.58. The summed E-state index contributed by atoms with van der Waals surface area (Å²) >= 11 is 5.91. The molecule has 0 bridgehead atoms. The van der Waals surface area contributed by atoms with Crippen LogP contribution < -0.4 is 10.6 Å². The summed E-state index contributed by atoms with van der Waals surface area (Å²) < 4.78 is 0. The normalized spacial score (nSPS) is 9.65. The van der Waals surface area contributed by atoms with Crippen LogP contribution in [0.5, 0.6) is 0 Å². The standard InChI is InChI=1S/C14H11ClN4O/c1-17-13-6-9(4-5-18-13)14(20)19-11-3-2-10(8-16)12(15)7-11/h2-7H,1H3,(H,17,18)(H,19,20). The van der Waals surface area contributed by atoms with Crippen molar-refractivity contribution in [1.82, 2.24) is 4.98 Å². The molecule has 0 radical (unpaired) electrons. The molecule has 5 nitrogen and oxygen atoms in total. The van der Waals surface area contributed by atoms with E-state index < -0.39 is 0 Å². The van der Waals surface area contributed by atoms with Gasteiger partial charge in [-0.05, 0) is 30.3 Å². The molecule has 0 fully saturated rings. The molecule has 100 valence electrons. The second-order valence-corrected chi connectivity index (χ2v) is 4.35. The number of rotatable bonds is 3. The molecule has 0 aliphatic rings. The first kappa shape index (κ1) is 13.8. The van der Waals surface area contributed by atoms with Gasteiger partial charge in [0.05, 0.1) is 10.6 Å². The van der Waals surface area contributed by atoms with Crippen molar-refractivity contribution >= 4 is 29.0 Å². The van der Waals surface area contributed by atoms with Crippen LogP contribution in [0.15, 0.2) is 36.5 Å². The molecule has 2 aromatic rings. The van der Waals surface area contributed by atoms with Gasteiger partial charge in [-0.25, -0.2) is 4.98 Å². The van der Waals surface area contributed by atoms with Crippen LogP contribution >= 0.6 is 11.6 Å². The van der Waals surface area contributed by atoms with Crippen molar-refractivity contribution in [3.05, 3.63) is 52.7 Å². The van der Waals surface area contributed by atoms with E-state index in [2.05, 4.69) is 15.6 Å². The number of nitriles is 1. The van der Waals surface area contributed by atoms with Gasteiger partial charge in [0.2, 0.25) is 0 Å². The molecule has 0 aliphatic heterocycles. The van der Waals surface area contributed by atoms with Crippen LogP contribution in [0.2, 0.25) is 5.02 Å². The third kappa shape index (κ3) is 3.05. The van der Waals surface area contributed by atoms with E-state index in [1.54, 1.807) is 37.5 Å². The Balaban J connectivity index is 2.19. The highest BCUT2D eigenvalue weighted by molar-refractivity contribution is 6.32. The Bertz CT molecular complexity index is 694. The van der Waals surface area contributed by atoms with Crippen LogP contribution in [0.25, 0.3) is 0 Å². The molecule has 1 amide bonds. The zero-order valence-corrected chi connectivity index (χ0v) is 11.4. The third-order valence-electron chi connectivity index (χ3n) is 2.63. The highest BCUT2D eigenvalue weighted by atomic mass is 35.5. The second kappa shape index (κ2) is 6.04. The fourth-order valence-corrected chi connectivity index (χ4v) is 1.82. The number of benzene rings is 1. The zero-order valence-electron chi connectivity index (χ0n) is 10.6. The number of halogens is 1. The first-order chi connectivity index (χ1) is 9.63. The summed E-state index contributed by atoms with van der Waals surface area (Å²) in [6.45, 7) is 0. The lowest BCUT2D eigenvalue weighted by Gasteiger charge is -2.07. The van der Waals surface area contributed by atoms with Gasteiger partial charge in [-0.15, -0.1) is 0 Å². The minimum atomic E-state index is -0.273. The number of hydrogen-bond donors (Lipinski definition) is 2. The minimum absolute atomic E-state index is 0.273. The SMILES string of the molecule is CNc1cc(C(=O)Nc2ccc(C#N)c(Cl)c2)ccn1. The summed E-state index contributed by atoms with van der Waals surface area (Å²) in [7, 11) is 1.73. The van der Waals surface area contributed by atoms with Gasteiger partial charge in [-0.3, -0.25) is 4.79 Å². The van der Waals surface area contributed by atoms with Gasteiger partial charge in [0.15, 0.2) is 0 Å². The maximum Gasteiger partial charge on any atom is 0.255 e. The van der Waals surface area contributed by atoms with Crippen LogP contribution in [0, 0.1) is 11.3 Å². The Kier molecular flexibility index (Phi) is 4.18. The van der Waals surface area contributed by atoms with Crippen molar-refractivity contribution < 1.29 is 4.79 Å². The molecule has 0 spiro atoms. The van der Waals surface area contributed by atoms with Crippen LogP contribution in [0.1, 0.15) is 15.9 Å². The minimum Gasteiger partial charge on any atom is -0.373 e. The van der Waals surface area contributed by atoms with Gasteiger partial charge in [0, 0.05) is 24.5 Å². The number of carbonyl (C=O) groups excluding carboxylic acids is 1. The molecular weight excluding hydrogens is 276 g/mol. The van der Waals surface area contributed by atoms with E-state index in [0.717, 1.165) is 0 Å². The first-order valence-electron chi connectivity index (χ1n) is 5.79. The largest absolute Gasteiger partial charge is 0.373 e. The van der Waals surface area contributed by atoms with E-state index in [0.29, 0.717) is 27.7 Å². The van der Waals surface area contributed by atoms with Gasteiger partial charge < -0.3 is 10.6 Å². The van der Waals surface area contributed by atoms with E-state index in [-0.39, 0.29) is 5.91 Å². The fourth-order valence-electron chi connectivity index (χ4n) is 1.60. The lowest BCUT2D eigenvalue weighted by Crippen LogP contribution is -2.12. The van der Waals surface area contributed by atoms with E-state index in [4.69, 9.17) is 16.9 Å². The number of nitrogens with one attached hydrogen (secondary N) is 2. The molecule has 1 heterocycles. The van der Waals surface area contributed by atoms with E-state index in [1.165, 1.54) is 6.07 Å². The molecule has 6 heteroatoms. The quantitative estimate of drug-likeness (QED) is 0.909.